The zero-order chi connectivity index (χ0) is 20.7. The number of carbonyl (C=O) groups excluding carboxylic acids is 2. The third-order valence-electron chi connectivity index (χ3n) is 3.79. The van der Waals surface area contributed by atoms with E-state index in [-0.39, 0.29) is 23.6 Å². The molecule has 8 nitrogen and oxygen atoms in total. The van der Waals surface area contributed by atoms with Gasteiger partial charge in [-0.3, -0.25) is 14.9 Å². The summed E-state index contributed by atoms with van der Waals surface area (Å²) in [4.78, 5) is 36.7. The predicted molar refractivity (Wildman–Crippen MR) is 102 cm³/mol. The Hall–Kier alpha value is -3.44. The van der Waals surface area contributed by atoms with Crippen LogP contribution in [0.1, 0.15) is 23.7 Å². The minimum absolute atomic E-state index is 0.0981. The number of nitro groups is 1. The average molecular weight is 402 g/mol. The molecule has 1 unspecified atom stereocenters. The van der Waals surface area contributed by atoms with Crippen LogP contribution in [0.2, 0.25) is 5.02 Å². The molecule has 0 saturated heterocycles. The number of hydrogen-bond donors (Lipinski definition) is 0. The van der Waals surface area contributed by atoms with Crippen LogP contribution in [-0.2, 0) is 9.53 Å². The molecular weight excluding hydrogens is 386 g/mol. The number of carbonyl (C=O) groups is 2. The standard InChI is InChI=1S/C19H16ClN3O5/c1-13(18(24)22(11-5-10-21)15-6-3-2-4-7-15)28-19(25)14-8-9-16(20)17(12-14)23(26)27/h2-4,6-9,12-13H,5,11H2,1H3. The number of benzene rings is 2. The number of anilines is 1. The van der Waals surface area contributed by atoms with E-state index in [9.17, 15) is 19.7 Å². The largest absolute Gasteiger partial charge is 0.449 e. The molecule has 0 aliphatic rings. The van der Waals surface area contributed by atoms with Gasteiger partial charge in [0.25, 0.3) is 11.6 Å². The minimum atomic E-state index is -1.17. The lowest BCUT2D eigenvalue weighted by Gasteiger charge is -2.25. The molecule has 0 fully saturated rings. The fraction of sp³-hybridized carbons (Fsp3) is 0.211. The van der Waals surface area contributed by atoms with Crippen LogP contribution < -0.4 is 4.90 Å². The molecule has 9 heteroatoms. The van der Waals surface area contributed by atoms with Crippen molar-refractivity contribution >= 4 is 34.9 Å². The minimum Gasteiger partial charge on any atom is -0.449 e. The van der Waals surface area contributed by atoms with Gasteiger partial charge in [-0.2, -0.15) is 5.26 Å². The summed E-state index contributed by atoms with van der Waals surface area (Å²) in [5, 5.41) is 19.7. The normalized spacial score (nSPS) is 11.2. The molecule has 0 aliphatic carbocycles. The maximum Gasteiger partial charge on any atom is 0.339 e. The summed E-state index contributed by atoms with van der Waals surface area (Å²) < 4.78 is 5.18. The van der Waals surface area contributed by atoms with Gasteiger partial charge in [-0.25, -0.2) is 4.79 Å². The van der Waals surface area contributed by atoms with Crippen LogP contribution in [0.3, 0.4) is 0 Å². The highest BCUT2D eigenvalue weighted by Crippen LogP contribution is 2.25. The molecule has 0 N–H and O–H groups in total. The Morgan fingerprint density at radius 2 is 1.96 bits per heavy atom. The first kappa shape index (κ1) is 20.9. The number of nitriles is 1. The number of nitro benzene ring substituents is 1. The summed E-state index contributed by atoms with van der Waals surface area (Å²) in [6.07, 6.45) is -1.06. The molecule has 1 atom stereocenters. The molecule has 144 valence electrons. The highest BCUT2D eigenvalue weighted by molar-refractivity contribution is 6.32. The molecule has 0 saturated carbocycles. The summed E-state index contributed by atoms with van der Waals surface area (Å²) in [6, 6.07) is 14.1. The lowest BCUT2D eigenvalue weighted by Crippen LogP contribution is -2.40. The van der Waals surface area contributed by atoms with E-state index in [1.54, 1.807) is 30.3 Å². The van der Waals surface area contributed by atoms with E-state index < -0.39 is 28.6 Å². The Morgan fingerprint density at radius 3 is 2.57 bits per heavy atom. The van der Waals surface area contributed by atoms with Gasteiger partial charge in [-0.1, -0.05) is 29.8 Å². The maximum atomic E-state index is 12.8. The van der Waals surface area contributed by atoms with E-state index in [2.05, 4.69) is 0 Å². The molecule has 28 heavy (non-hydrogen) atoms. The first-order valence-electron chi connectivity index (χ1n) is 8.23. The van der Waals surface area contributed by atoms with Crippen molar-refractivity contribution in [3.05, 3.63) is 69.2 Å². The summed E-state index contributed by atoms with van der Waals surface area (Å²) in [6.45, 7) is 1.53. The molecule has 0 aliphatic heterocycles. The van der Waals surface area contributed by atoms with Gasteiger partial charge in [0, 0.05) is 18.3 Å². The van der Waals surface area contributed by atoms with Crippen molar-refractivity contribution in [3.63, 3.8) is 0 Å². The van der Waals surface area contributed by atoms with E-state index in [0.717, 1.165) is 6.07 Å². The van der Waals surface area contributed by atoms with Gasteiger partial charge < -0.3 is 9.64 Å². The van der Waals surface area contributed by atoms with Crippen LogP contribution in [0, 0.1) is 21.4 Å². The van der Waals surface area contributed by atoms with Crippen molar-refractivity contribution in [2.24, 2.45) is 0 Å². The van der Waals surface area contributed by atoms with E-state index in [0.29, 0.717) is 5.69 Å². The van der Waals surface area contributed by atoms with E-state index in [1.165, 1.54) is 24.0 Å². The van der Waals surface area contributed by atoms with Crippen LogP contribution >= 0.6 is 11.6 Å². The quantitative estimate of drug-likeness (QED) is 0.396. The van der Waals surface area contributed by atoms with Crippen LogP contribution in [0.15, 0.2) is 48.5 Å². The Bertz CT molecular complexity index is 927. The van der Waals surface area contributed by atoms with Crippen molar-refractivity contribution in [1.82, 2.24) is 0 Å². The molecule has 2 rings (SSSR count). The third-order valence-corrected chi connectivity index (χ3v) is 4.11. The number of rotatable bonds is 7. The second-order valence-electron chi connectivity index (χ2n) is 5.70. The second kappa shape index (κ2) is 9.48. The van der Waals surface area contributed by atoms with Crippen molar-refractivity contribution < 1.29 is 19.2 Å². The van der Waals surface area contributed by atoms with Gasteiger partial charge in [0.2, 0.25) is 0 Å². The number of para-hydroxylation sites is 1. The van der Waals surface area contributed by atoms with E-state index in [4.69, 9.17) is 21.6 Å². The summed E-state index contributed by atoms with van der Waals surface area (Å²) in [5.41, 5.74) is 0.0295. The molecular formula is C19H16ClN3O5. The molecule has 2 aromatic carbocycles. The van der Waals surface area contributed by atoms with Gasteiger partial charge in [-0.05, 0) is 31.2 Å². The third kappa shape index (κ3) is 5.05. The maximum absolute atomic E-state index is 12.8. The highest BCUT2D eigenvalue weighted by Gasteiger charge is 2.26. The predicted octanol–water partition coefficient (Wildman–Crippen LogP) is 3.74. The monoisotopic (exact) mass is 401 g/mol. The van der Waals surface area contributed by atoms with Crippen LogP contribution in [0.4, 0.5) is 11.4 Å². The zero-order valence-electron chi connectivity index (χ0n) is 14.9. The summed E-state index contributed by atoms with van der Waals surface area (Å²) >= 11 is 5.73. The van der Waals surface area contributed by atoms with Gasteiger partial charge in [-0.15, -0.1) is 0 Å². The van der Waals surface area contributed by atoms with Crippen LogP contribution in [-0.4, -0.2) is 29.4 Å². The molecule has 0 spiro atoms. The Kier molecular flexibility index (Phi) is 7.07. The fourth-order valence-electron chi connectivity index (χ4n) is 2.41. The van der Waals surface area contributed by atoms with Crippen molar-refractivity contribution in [1.29, 1.82) is 5.26 Å². The van der Waals surface area contributed by atoms with Crippen LogP contribution in [0.5, 0.6) is 0 Å². The highest BCUT2D eigenvalue weighted by atomic mass is 35.5. The zero-order valence-corrected chi connectivity index (χ0v) is 15.6. The van der Waals surface area contributed by atoms with Crippen LogP contribution in [0.25, 0.3) is 0 Å². The number of halogens is 1. The van der Waals surface area contributed by atoms with Crippen molar-refractivity contribution in [3.8, 4) is 6.07 Å². The first-order chi connectivity index (χ1) is 13.3. The average Bonchev–Trinajstić information content (AvgIpc) is 2.68. The lowest BCUT2D eigenvalue weighted by molar-refractivity contribution is -0.384. The number of nitrogens with zero attached hydrogens (tertiary/aromatic N) is 3. The van der Waals surface area contributed by atoms with Gasteiger partial charge in [0.15, 0.2) is 6.10 Å². The van der Waals surface area contributed by atoms with E-state index in [1.807, 2.05) is 6.07 Å². The Balaban J connectivity index is 2.17. The molecule has 0 heterocycles. The van der Waals surface area contributed by atoms with Gasteiger partial charge >= 0.3 is 5.97 Å². The van der Waals surface area contributed by atoms with Crippen molar-refractivity contribution in [2.75, 3.05) is 11.4 Å². The molecule has 2 aromatic rings. The Labute approximate surface area is 166 Å². The lowest BCUT2D eigenvalue weighted by atomic mass is 10.2. The smallest absolute Gasteiger partial charge is 0.339 e. The topological polar surface area (TPSA) is 114 Å². The summed E-state index contributed by atoms with van der Waals surface area (Å²) in [5.74, 6) is -1.41. The number of amides is 1. The molecule has 0 radical (unpaired) electrons. The van der Waals surface area contributed by atoms with Gasteiger partial charge in [0.1, 0.15) is 5.02 Å². The summed E-state index contributed by atoms with van der Waals surface area (Å²) in [7, 11) is 0. The Morgan fingerprint density at radius 1 is 1.29 bits per heavy atom. The number of ether oxygens (including phenoxy) is 1. The molecule has 0 aromatic heterocycles. The fourth-order valence-corrected chi connectivity index (χ4v) is 2.60. The number of hydrogen-bond acceptors (Lipinski definition) is 6. The molecule has 1 amide bonds. The SMILES string of the molecule is CC(OC(=O)c1ccc(Cl)c([N+](=O)[O-])c1)C(=O)N(CCC#N)c1ccccc1. The van der Waals surface area contributed by atoms with Crippen molar-refractivity contribution in [2.45, 2.75) is 19.4 Å². The first-order valence-corrected chi connectivity index (χ1v) is 8.61. The van der Waals surface area contributed by atoms with Gasteiger partial charge in [0.05, 0.1) is 23.0 Å². The van der Waals surface area contributed by atoms with E-state index >= 15 is 0 Å². The number of esters is 1. The molecule has 0 bridgehead atoms. The second-order valence-corrected chi connectivity index (χ2v) is 6.11.